The van der Waals surface area contributed by atoms with Crippen LogP contribution in [-0.2, 0) is 11.3 Å². The Morgan fingerprint density at radius 3 is 2.49 bits per heavy atom. The summed E-state index contributed by atoms with van der Waals surface area (Å²) >= 11 is 0. The van der Waals surface area contributed by atoms with Crippen LogP contribution in [0.15, 0.2) is 65.5 Å². The molecule has 3 N–H and O–H groups in total. The predicted octanol–water partition coefficient (Wildman–Crippen LogP) is 3.65. The molecule has 0 spiro atoms. The van der Waals surface area contributed by atoms with Gasteiger partial charge in [-0.05, 0) is 82.6 Å². The molecule has 4 rings (SSSR count). The Morgan fingerprint density at radius 1 is 1.05 bits per heavy atom. The van der Waals surface area contributed by atoms with Gasteiger partial charge in [-0.25, -0.2) is 9.48 Å². The van der Waals surface area contributed by atoms with E-state index in [2.05, 4.69) is 21.0 Å². The van der Waals surface area contributed by atoms with Crippen molar-refractivity contribution in [2.45, 2.75) is 46.2 Å². The van der Waals surface area contributed by atoms with Crippen molar-refractivity contribution >= 4 is 17.7 Å². The van der Waals surface area contributed by atoms with Crippen molar-refractivity contribution in [2.24, 2.45) is 0 Å². The SMILES string of the molecule is CCOC(=O)Nc1cccc(Cn2nc(C)ccc2=O)c1.Cc1ccc(C(=O)NC2CCNCC2)cc1. The Kier molecular flexibility index (Phi) is 10.4. The Bertz CT molecular complexity index is 1230. The predicted molar refractivity (Wildman–Crippen MR) is 144 cm³/mol. The third-order valence-corrected chi connectivity index (χ3v) is 5.77. The molecule has 196 valence electrons. The Hall–Kier alpha value is -3.98. The standard InChI is InChI=1S/C15H17N3O3.C13H18N2O/c1-3-21-15(20)16-13-6-4-5-12(9-13)10-18-14(19)8-7-11(2)17-18;1-10-2-4-11(5-3-10)13(16)15-12-6-8-14-9-7-12/h4-9H,3,10H2,1-2H3,(H,16,20);2-5,12,14H,6-9H2,1H3,(H,15,16). The van der Waals surface area contributed by atoms with Crippen molar-refractivity contribution in [3.63, 3.8) is 0 Å². The fourth-order valence-electron chi connectivity index (χ4n) is 3.81. The van der Waals surface area contributed by atoms with Crippen LogP contribution in [0.3, 0.4) is 0 Å². The molecule has 2 heterocycles. The van der Waals surface area contributed by atoms with Gasteiger partial charge in [-0.1, -0.05) is 29.8 Å². The van der Waals surface area contributed by atoms with Gasteiger partial charge in [-0.2, -0.15) is 5.10 Å². The summed E-state index contributed by atoms with van der Waals surface area (Å²) in [5.41, 5.74) is 4.03. The second-order valence-corrected chi connectivity index (χ2v) is 8.88. The number of carbonyl (C=O) groups excluding carboxylic acids is 2. The first kappa shape index (κ1) is 27.6. The Labute approximate surface area is 217 Å². The van der Waals surface area contributed by atoms with E-state index >= 15 is 0 Å². The molecule has 3 aromatic rings. The number of piperidine rings is 1. The van der Waals surface area contributed by atoms with E-state index in [9.17, 15) is 14.4 Å². The molecule has 9 nitrogen and oxygen atoms in total. The van der Waals surface area contributed by atoms with Crippen LogP contribution in [0.5, 0.6) is 0 Å². The summed E-state index contributed by atoms with van der Waals surface area (Å²) in [6.07, 6.45) is 1.55. The minimum atomic E-state index is -0.500. The van der Waals surface area contributed by atoms with E-state index in [0.29, 0.717) is 24.9 Å². The first-order valence-electron chi connectivity index (χ1n) is 12.5. The Morgan fingerprint density at radius 2 is 1.78 bits per heavy atom. The lowest BCUT2D eigenvalue weighted by molar-refractivity contribution is 0.0929. The van der Waals surface area contributed by atoms with Gasteiger partial charge in [0, 0.05) is 23.4 Å². The highest BCUT2D eigenvalue weighted by atomic mass is 16.5. The van der Waals surface area contributed by atoms with Crippen LogP contribution in [0.1, 0.15) is 46.9 Å². The van der Waals surface area contributed by atoms with E-state index < -0.39 is 6.09 Å². The summed E-state index contributed by atoms with van der Waals surface area (Å²) in [6, 6.07) is 18.4. The van der Waals surface area contributed by atoms with E-state index in [1.165, 1.54) is 16.3 Å². The highest BCUT2D eigenvalue weighted by Gasteiger charge is 2.16. The summed E-state index contributed by atoms with van der Waals surface area (Å²) in [6.45, 7) is 8.25. The number of ether oxygens (including phenoxy) is 1. The molecule has 0 atom stereocenters. The van der Waals surface area contributed by atoms with Crippen LogP contribution < -0.4 is 21.5 Å². The summed E-state index contributed by atoms with van der Waals surface area (Å²) in [5, 5.41) is 13.2. The number of nitrogens with one attached hydrogen (secondary N) is 3. The average molecular weight is 506 g/mol. The van der Waals surface area contributed by atoms with Crippen LogP contribution in [0.25, 0.3) is 0 Å². The van der Waals surface area contributed by atoms with Gasteiger partial charge in [0.25, 0.3) is 11.5 Å². The first-order valence-corrected chi connectivity index (χ1v) is 12.5. The van der Waals surface area contributed by atoms with Crippen LogP contribution in [0.2, 0.25) is 0 Å². The highest BCUT2D eigenvalue weighted by Crippen LogP contribution is 2.12. The zero-order valence-electron chi connectivity index (χ0n) is 21.6. The van der Waals surface area contributed by atoms with Crippen LogP contribution in [-0.4, -0.2) is 47.5 Å². The maximum atomic E-state index is 11.9. The van der Waals surface area contributed by atoms with Gasteiger partial charge in [0.1, 0.15) is 0 Å². The summed E-state index contributed by atoms with van der Waals surface area (Å²) in [7, 11) is 0. The molecule has 0 saturated carbocycles. The maximum absolute atomic E-state index is 11.9. The lowest BCUT2D eigenvalue weighted by Crippen LogP contribution is -2.42. The molecule has 2 amide bonds. The van der Waals surface area contributed by atoms with Gasteiger partial charge in [-0.3, -0.25) is 14.9 Å². The van der Waals surface area contributed by atoms with Crippen molar-refractivity contribution in [3.8, 4) is 0 Å². The van der Waals surface area contributed by atoms with E-state index in [1.807, 2.05) is 44.2 Å². The second kappa shape index (κ2) is 13.9. The van der Waals surface area contributed by atoms with Crippen molar-refractivity contribution in [2.75, 3.05) is 25.0 Å². The van der Waals surface area contributed by atoms with Gasteiger partial charge in [0.2, 0.25) is 0 Å². The average Bonchev–Trinajstić information content (AvgIpc) is 2.88. The summed E-state index contributed by atoms with van der Waals surface area (Å²) in [4.78, 5) is 35.0. The summed E-state index contributed by atoms with van der Waals surface area (Å²) < 4.78 is 6.21. The molecule has 1 fully saturated rings. The number of anilines is 1. The van der Waals surface area contributed by atoms with E-state index in [-0.39, 0.29) is 11.5 Å². The molecule has 0 unspecified atom stereocenters. The molecule has 9 heteroatoms. The second-order valence-electron chi connectivity index (χ2n) is 8.88. The molecule has 1 aliphatic heterocycles. The number of hydrogen-bond acceptors (Lipinski definition) is 6. The third kappa shape index (κ3) is 9.20. The molecule has 0 aliphatic carbocycles. The van der Waals surface area contributed by atoms with E-state index in [0.717, 1.165) is 42.8 Å². The number of benzene rings is 2. The van der Waals surface area contributed by atoms with Crippen LogP contribution in [0.4, 0.5) is 10.5 Å². The zero-order valence-corrected chi connectivity index (χ0v) is 21.6. The molecule has 0 radical (unpaired) electrons. The number of carbonyl (C=O) groups is 2. The molecule has 1 saturated heterocycles. The number of aryl methyl sites for hydroxylation is 2. The lowest BCUT2D eigenvalue weighted by atomic mass is 10.1. The highest BCUT2D eigenvalue weighted by molar-refractivity contribution is 5.94. The fraction of sp³-hybridized carbons (Fsp3) is 0.357. The van der Waals surface area contributed by atoms with Crippen molar-refractivity contribution < 1.29 is 14.3 Å². The van der Waals surface area contributed by atoms with Crippen LogP contribution in [0, 0.1) is 13.8 Å². The van der Waals surface area contributed by atoms with E-state index in [1.54, 1.807) is 31.2 Å². The third-order valence-electron chi connectivity index (χ3n) is 5.77. The number of amides is 2. The van der Waals surface area contributed by atoms with Gasteiger partial charge in [-0.15, -0.1) is 0 Å². The van der Waals surface area contributed by atoms with Gasteiger partial charge < -0.3 is 15.4 Å². The summed E-state index contributed by atoms with van der Waals surface area (Å²) in [5.74, 6) is 0.0481. The van der Waals surface area contributed by atoms with Crippen molar-refractivity contribution in [1.82, 2.24) is 20.4 Å². The molecule has 1 aliphatic rings. The zero-order chi connectivity index (χ0) is 26.6. The first-order chi connectivity index (χ1) is 17.8. The quantitative estimate of drug-likeness (QED) is 0.471. The molecule has 1 aromatic heterocycles. The lowest BCUT2D eigenvalue weighted by Gasteiger charge is -2.23. The van der Waals surface area contributed by atoms with E-state index in [4.69, 9.17) is 4.74 Å². The van der Waals surface area contributed by atoms with Crippen molar-refractivity contribution in [1.29, 1.82) is 0 Å². The largest absolute Gasteiger partial charge is 0.450 e. The fourth-order valence-corrected chi connectivity index (χ4v) is 3.81. The topological polar surface area (TPSA) is 114 Å². The number of rotatable bonds is 6. The number of aromatic nitrogens is 2. The molecule has 0 bridgehead atoms. The van der Waals surface area contributed by atoms with Gasteiger partial charge >= 0.3 is 6.09 Å². The Balaban J connectivity index is 0.000000213. The minimum absolute atomic E-state index is 0.0481. The van der Waals surface area contributed by atoms with Crippen LogP contribution >= 0.6 is 0 Å². The monoisotopic (exact) mass is 505 g/mol. The smallest absolute Gasteiger partial charge is 0.411 e. The van der Waals surface area contributed by atoms with Gasteiger partial charge in [0.05, 0.1) is 18.8 Å². The number of hydrogen-bond donors (Lipinski definition) is 3. The van der Waals surface area contributed by atoms with Crippen molar-refractivity contribution in [3.05, 3.63) is 93.4 Å². The molecular formula is C28H35N5O4. The molecule has 37 heavy (non-hydrogen) atoms. The minimum Gasteiger partial charge on any atom is -0.450 e. The normalized spacial score (nSPS) is 13.2. The van der Waals surface area contributed by atoms with Gasteiger partial charge in [0.15, 0.2) is 0 Å². The molecular weight excluding hydrogens is 470 g/mol. The maximum Gasteiger partial charge on any atom is 0.411 e. The molecule has 2 aromatic carbocycles. The number of nitrogens with zero attached hydrogens (tertiary/aromatic N) is 2.